The molecule has 0 amide bonds. The molecule has 5 atom stereocenters. The van der Waals surface area contributed by atoms with Crippen molar-refractivity contribution in [3.8, 4) is 0 Å². The van der Waals surface area contributed by atoms with Crippen LogP contribution in [0.3, 0.4) is 0 Å². The third-order valence-corrected chi connectivity index (χ3v) is 3.01. The van der Waals surface area contributed by atoms with E-state index < -0.39 is 29.4 Å². The summed E-state index contributed by atoms with van der Waals surface area (Å²) in [5.74, 6) is 0. The van der Waals surface area contributed by atoms with Crippen molar-refractivity contribution >= 4 is 15.9 Å². The van der Waals surface area contributed by atoms with Crippen molar-refractivity contribution in [1.29, 1.82) is 0 Å². The van der Waals surface area contributed by atoms with Gasteiger partial charge in [0, 0.05) is 7.11 Å². The number of aliphatic hydroxyl groups excluding tert-OH is 3. The topological polar surface area (TPSA) is 79.2 Å². The zero-order chi connectivity index (χ0) is 10.0. The van der Waals surface area contributed by atoms with Crippen LogP contribution in [0.5, 0.6) is 0 Å². The molecule has 0 aliphatic carbocycles. The fourth-order valence-electron chi connectivity index (χ4n) is 1.23. The Hall–Kier alpha value is 0.280. The third-order valence-electron chi connectivity index (χ3n) is 2.04. The minimum Gasteiger partial charge on any atom is -0.394 e. The summed E-state index contributed by atoms with van der Waals surface area (Å²) in [4.78, 5) is -0.490. The second-order valence-corrected chi connectivity index (χ2v) is 3.94. The predicted molar refractivity (Wildman–Crippen MR) is 47.5 cm³/mol. The molecule has 1 rings (SSSR count). The first-order valence-electron chi connectivity index (χ1n) is 3.91. The van der Waals surface area contributed by atoms with E-state index in [0.717, 1.165) is 0 Å². The average Bonchev–Trinajstić information content (AvgIpc) is 2.15. The van der Waals surface area contributed by atoms with Crippen LogP contribution in [0.4, 0.5) is 0 Å². The molecule has 3 N–H and O–H groups in total. The van der Waals surface area contributed by atoms with Crippen molar-refractivity contribution in [3.63, 3.8) is 0 Å². The van der Waals surface area contributed by atoms with Crippen molar-refractivity contribution in [3.05, 3.63) is 0 Å². The standard InChI is InChI=1S/C7H13BrO5/c1-12-7-4(8)6(11)5(10)3(2-9)13-7/h3-7,9-11H,2H2,1H3/t3?,4?,5-,6?,7-/m1/s1. The molecule has 1 heterocycles. The zero-order valence-electron chi connectivity index (χ0n) is 7.13. The highest BCUT2D eigenvalue weighted by Crippen LogP contribution is 2.26. The molecule has 0 aromatic carbocycles. The van der Waals surface area contributed by atoms with E-state index in [9.17, 15) is 10.2 Å². The lowest BCUT2D eigenvalue weighted by Gasteiger charge is -2.39. The first-order chi connectivity index (χ1) is 6.11. The van der Waals surface area contributed by atoms with Crippen LogP contribution in [-0.4, -0.2) is 58.5 Å². The Morgan fingerprint density at radius 3 is 2.46 bits per heavy atom. The molecule has 13 heavy (non-hydrogen) atoms. The normalized spacial score (nSPS) is 46.4. The minimum absolute atomic E-state index is 0.349. The number of alkyl halides is 1. The van der Waals surface area contributed by atoms with Crippen LogP contribution in [-0.2, 0) is 9.47 Å². The molecule has 1 aliphatic heterocycles. The fraction of sp³-hybridized carbons (Fsp3) is 1.00. The summed E-state index contributed by atoms with van der Waals surface area (Å²) < 4.78 is 10.1. The number of hydrogen-bond acceptors (Lipinski definition) is 5. The molecule has 6 heteroatoms. The van der Waals surface area contributed by atoms with Gasteiger partial charge in [-0.05, 0) is 0 Å². The van der Waals surface area contributed by atoms with E-state index in [2.05, 4.69) is 15.9 Å². The SMILES string of the molecule is CO[C@@H]1OC(CO)[C@@H](O)C(O)C1Br. The molecule has 0 saturated carbocycles. The van der Waals surface area contributed by atoms with Crippen molar-refractivity contribution in [1.82, 2.24) is 0 Å². The summed E-state index contributed by atoms with van der Waals surface area (Å²) in [6.45, 7) is -0.349. The van der Waals surface area contributed by atoms with Gasteiger partial charge in [0.05, 0.1) is 17.5 Å². The predicted octanol–water partition coefficient (Wildman–Crippen LogP) is -1.16. The van der Waals surface area contributed by atoms with Crippen molar-refractivity contribution in [2.24, 2.45) is 0 Å². The van der Waals surface area contributed by atoms with E-state index >= 15 is 0 Å². The summed E-state index contributed by atoms with van der Waals surface area (Å²) in [5.41, 5.74) is 0. The van der Waals surface area contributed by atoms with Crippen LogP contribution >= 0.6 is 15.9 Å². The molecule has 0 bridgehead atoms. The largest absolute Gasteiger partial charge is 0.394 e. The number of methoxy groups -OCH3 is 1. The summed E-state index contributed by atoms with van der Waals surface area (Å²) in [6, 6.07) is 0. The van der Waals surface area contributed by atoms with Gasteiger partial charge in [-0.1, -0.05) is 15.9 Å². The van der Waals surface area contributed by atoms with Gasteiger partial charge in [-0.25, -0.2) is 0 Å². The van der Waals surface area contributed by atoms with Gasteiger partial charge >= 0.3 is 0 Å². The molecule has 1 fully saturated rings. The Morgan fingerprint density at radius 1 is 1.38 bits per heavy atom. The summed E-state index contributed by atoms with van der Waals surface area (Å²) >= 11 is 3.14. The molecule has 3 unspecified atom stereocenters. The molecule has 5 nitrogen and oxygen atoms in total. The Morgan fingerprint density at radius 2 is 2.00 bits per heavy atom. The van der Waals surface area contributed by atoms with Gasteiger partial charge in [-0.3, -0.25) is 0 Å². The van der Waals surface area contributed by atoms with Gasteiger partial charge in [-0.2, -0.15) is 0 Å². The van der Waals surface area contributed by atoms with E-state index in [0.29, 0.717) is 0 Å². The summed E-state index contributed by atoms with van der Waals surface area (Å²) in [5, 5.41) is 27.7. The number of rotatable bonds is 2. The number of ether oxygens (including phenoxy) is 2. The molecule has 0 aromatic rings. The highest BCUT2D eigenvalue weighted by Gasteiger charge is 2.43. The van der Waals surface area contributed by atoms with Crippen LogP contribution in [0.1, 0.15) is 0 Å². The Labute approximate surface area is 84.4 Å². The second-order valence-electron chi connectivity index (χ2n) is 2.89. The van der Waals surface area contributed by atoms with Crippen molar-refractivity contribution in [2.75, 3.05) is 13.7 Å². The van der Waals surface area contributed by atoms with E-state index in [1.54, 1.807) is 0 Å². The van der Waals surface area contributed by atoms with Crippen molar-refractivity contribution < 1.29 is 24.8 Å². The first kappa shape index (κ1) is 11.4. The lowest BCUT2D eigenvalue weighted by atomic mass is 10.0. The van der Waals surface area contributed by atoms with E-state index in [-0.39, 0.29) is 6.61 Å². The monoisotopic (exact) mass is 256 g/mol. The zero-order valence-corrected chi connectivity index (χ0v) is 8.72. The molecule has 0 spiro atoms. The quantitative estimate of drug-likeness (QED) is 0.543. The molecule has 0 aromatic heterocycles. The molecule has 1 aliphatic rings. The summed E-state index contributed by atoms with van der Waals surface area (Å²) in [7, 11) is 1.43. The second kappa shape index (κ2) is 4.68. The van der Waals surface area contributed by atoms with Crippen LogP contribution in [0.2, 0.25) is 0 Å². The van der Waals surface area contributed by atoms with Crippen LogP contribution in [0.15, 0.2) is 0 Å². The smallest absolute Gasteiger partial charge is 0.172 e. The molecular weight excluding hydrogens is 244 g/mol. The van der Waals surface area contributed by atoms with Gasteiger partial charge in [0.2, 0.25) is 0 Å². The Kier molecular flexibility index (Phi) is 4.08. The van der Waals surface area contributed by atoms with Gasteiger partial charge in [0.1, 0.15) is 12.2 Å². The molecular formula is C7H13BrO5. The van der Waals surface area contributed by atoms with Gasteiger partial charge in [0.25, 0.3) is 0 Å². The number of halogens is 1. The van der Waals surface area contributed by atoms with Crippen LogP contribution in [0.25, 0.3) is 0 Å². The van der Waals surface area contributed by atoms with Crippen LogP contribution < -0.4 is 0 Å². The van der Waals surface area contributed by atoms with E-state index in [1.165, 1.54) is 7.11 Å². The van der Waals surface area contributed by atoms with Crippen molar-refractivity contribution in [2.45, 2.75) is 29.4 Å². The number of hydrogen-bond donors (Lipinski definition) is 3. The maximum absolute atomic E-state index is 9.48. The third kappa shape index (κ3) is 2.20. The first-order valence-corrected chi connectivity index (χ1v) is 4.82. The van der Waals surface area contributed by atoms with E-state index in [1.807, 2.05) is 0 Å². The van der Waals surface area contributed by atoms with Gasteiger partial charge in [-0.15, -0.1) is 0 Å². The van der Waals surface area contributed by atoms with Gasteiger partial charge in [0.15, 0.2) is 6.29 Å². The maximum atomic E-state index is 9.48. The molecule has 0 radical (unpaired) electrons. The lowest BCUT2D eigenvalue weighted by molar-refractivity contribution is -0.243. The highest BCUT2D eigenvalue weighted by molar-refractivity contribution is 9.09. The Bertz CT molecular complexity index is 147. The summed E-state index contributed by atoms with van der Waals surface area (Å²) in [6.07, 6.45) is -3.55. The lowest BCUT2D eigenvalue weighted by Crippen LogP contribution is -2.56. The molecule has 78 valence electrons. The number of aliphatic hydroxyl groups is 3. The highest BCUT2D eigenvalue weighted by atomic mass is 79.9. The Balaban J connectivity index is 2.66. The molecule has 1 saturated heterocycles. The van der Waals surface area contributed by atoms with Gasteiger partial charge < -0.3 is 24.8 Å². The maximum Gasteiger partial charge on any atom is 0.172 e. The van der Waals surface area contributed by atoms with Crippen LogP contribution in [0, 0.1) is 0 Å². The minimum atomic E-state index is -1.10. The van der Waals surface area contributed by atoms with E-state index in [4.69, 9.17) is 14.6 Å². The average molecular weight is 257 g/mol. The fourth-order valence-corrected chi connectivity index (χ4v) is 1.89.